The van der Waals surface area contributed by atoms with E-state index >= 15 is 0 Å². The summed E-state index contributed by atoms with van der Waals surface area (Å²) >= 11 is 0. The van der Waals surface area contributed by atoms with Gasteiger partial charge in [0.2, 0.25) is 11.9 Å². The van der Waals surface area contributed by atoms with Gasteiger partial charge in [-0.1, -0.05) is 0 Å². The lowest BCUT2D eigenvalue weighted by Crippen LogP contribution is -2.49. The average molecular weight is 412 g/mol. The highest BCUT2D eigenvalue weighted by Crippen LogP contribution is 2.27. The minimum absolute atomic E-state index is 0.173. The molecule has 4 rings (SSSR count). The first-order valence-electron chi connectivity index (χ1n) is 10.4. The molecule has 0 saturated carbocycles. The first-order valence-corrected chi connectivity index (χ1v) is 10.4. The maximum absolute atomic E-state index is 12.7. The fourth-order valence-electron chi connectivity index (χ4n) is 3.89. The molecule has 10 nitrogen and oxygen atoms in total. The van der Waals surface area contributed by atoms with Crippen molar-refractivity contribution >= 4 is 23.4 Å². The highest BCUT2D eigenvalue weighted by Gasteiger charge is 2.24. The number of aromatic amines is 1. The lowest BCUT2D eigenvalue weighted by atomic mass is 10.2. The van der Waals surface area contributed by atoms with Gasteiger partial charge in [0.15, 0.2) is 5.82 Å². The van der Waals surface area contributed by atoms with Gasteiger partial charge in [0.1, 0.15) is 0 Å². The van der Waals surface area contributed by atoms with Crippen LogP contribution in [0.5, 0.6) is 0 Å². The number of nitrogens with zero attached hydrogens (tertiary/aromatic N) is 6. The van der Waals surface area contributed by atoms with Crippen LogP contribution in [0.1, 0.15) is 24.0 Å². The van der Waals surface area contributed by atoms with Crippen molar-refractivity contribution in [3.8, 4) is 0 Å². The summed E-state index contributed by atoms with van der Waals surface area (Å²) in [7, 11) is 0. The molecule has 4 heterocycles. The number of carbonyl (C=O) groups is 1. The van der Waals surface area contributed by atoms with Gasteiger partial charge in [0.05, 0.1) is 5.69 Å². The zero-order valence-corrected chi connectivity index (χ0v) is 17.5. The Morgan fingerprint density at radius 2 is 1.83 bits per heavy atom. The fraction of sp³-hybridized carbons (Fsp3) is 0.550. The van der Waals surface area contributed by atoms with Crippen LogP contribution in [0.15, 0.2) is 17.2 Å². The van der Waals surface area contributed by atoms with Crippen LogP contribution in [0.3, 0.4) is 0 Å². The molecule has 30 heavy (non-hydrogen) atoms. The molecule has 2 aromatic heterocycles. The number of hydrogen-bond acceptors (Lipinski definition) is 8. The number of amides is 1. The third kappa shape index (κ3) is 4.22. The number of H-pyrrole nitrogens is 1. The van der Waals surface area contributed by atoms with E-state index in [0.29, 0.717) is 25.1 Å². The Morgan fingerprint density at radius 3 is 2.57 bits per heavy atom. The monoisotopic (exact) mass is 412 g/mol. The topological polar surface area (TPSA) is 110 Å². The summed E-state index contributed by atoms with van der Waals surface area (Å²) in [6, 6.07) is 0. The number of piperazine rings is 1. The van der Waals surface area contributed by atoms with Crippen molar-refractivity contribution in [2.45, 2.75) is 26.7 Å². The van der Waals surface area contributed by atoms with Crippen LogP contribution in [0, 0.1) is 13.8 Å². The van der Waals surface area contributed by atoms with Gasteiger partial charge in [-0.15, -0.1) is 0 Å². The number of carbonyl (C=O) groups excluding carboxylic acids is 1. The van der Waals surface area contributed by atoms with Crippen LogP contribution in [0.2, 0.25) is 0 Å². The number of nitrogens with one attached hydrogen (secondary N) is 2. The molecule has 1 fully saturated rings. The Morgan fingerprint density at radius 1 is 1.10 bits per heavy atom. The van der Waals surface area contributed by atoms with Gasteiger partial charge in [-0.2, -0.15) is 5.10 Å². The van der Waals surface area contributed by atoms with E-state index in [2.05, 4.69) is 35.3 Å². The summed E-state index contributed by atoms with van der Waals surface area (Å²) in [5.74, 6) is 1.67. The number of anilines is 3. The summed E-state index contributed by atoms with van der Waals surface area (Å²) in [6.07, 6.45) is 4.89. The minimum atomic E-state index is -0.173. The molecule has 0 bridgehead atoms. The zero-order valence-electron chi connectivity index (χ0n) is 17.5. The van der Waals surface area contributed by atoms with Crippen molar-refractivity contribution in [1.82, 2.24) is 25.1 Å². The molecule has 0 radical (unpaired) electrons. The summed E-state index contributed by atoms with van der Waals surface area (Å²) in [5, 5.41) is 10.0. The average Bonchev–Trinajstić information content (AvgIpc) is 2.77. The molecule has 2 aliphatic heterocycles. The number of hydrogen-bond donors (Lipinski definition) is 2. The zero-order chi connectivity index (χ0) is 21.1. The van der Waals surface area contributed by atoms with Crippen LogP contribution in [0.4, 0.5) is 17.5 Å². The molecule has 1 saturated heterocycles. The van der Waals surface area contributed by atoms with E-state index in [1.165, 1.54) is 0 Å². The minimum Gasteiger partial charge on any atom is -0.380 e. The SMILES string of the molecule is Cc1cnc(N2CCN(C(=O)CCCN3CCNc4c3n[nH]c(=O)c4C)CC2)nc1. The molecule has 0 unspecified atom stereocenters. The van der Waals surface area contributed by atoms with Gasteiger partial charge in [0.25, 0.3) is 5.56 Å². The molecule has 0 aliphatic carbocycles. The molecule has 0 aromatic carbocycles. The number of rotatable bonds is 5. The summed E-state index contributed by atoms with van der Waals surface area (Å²) < 4.78 is 0. The van der Waals surface area contributed by atoms with E-state index in [0.717, 1.165) is 62.2 Å². The highest BCUT2D eigenvalue weighted by molar-refractivity contribution is 5.76. The molecule has 160 valence electrons. The first kappa shape index (κ1) is 20.1. The normalized spacial score (nSPS) is 16.3. The Kier molecular flexibility index (Phi) is 5.82. The molecule has 10 heteroatoms. The molecule has 2 aliphatic rings. The largest absolute Gasteiger partial charge is 0.380 e. The van der Waals surface area contributed by atoms with Crippen LogP contribution in [-0.4, -0.2) is 76.8 Å². The third-order valence-corrected chi connectivity index (χ3v) is 5.69. The van der Waals surface area contributed by atoms with Crippen molar-refractivity contribution in [2.24, 2.45) is 0 Å². The Balaban J connectivity index is 1.26. The van der Waals surface area contributed by atoms with Crippen molar-refractivity contribution in [1.29, 1.82) is 0 Å². The number of aromatic nitrogens is 4. The Bertz CT molecular complexity index is 950. The number of aryl methyl sites for hydroxylation is 1. The van der Waals surface area contributed by atoms with E-state index in [9.17, 15) is 9.59 Å². The van der Waals surface area contributed by atoms with Crippen LogP contribution < -0.4 is 20.7 Å². The molecule has 2 N–H and O–H groups in total. The third-order valence-electron chi connectivity index (χ3n) is 5.69. The Hall–Kier alpha value is -3.17. The van der Waals surface area contributed by atoms with Crippen LogP contribution in [-0.2, 0) is 4.79 Å². The molecule has 0 spiro atoms. The van der Waals surface area contributed by atoms with Gasteiger partial charge >= 0.3 is 0 Å². The van der Waals surface area contributed by atoms with Crippen molar-refractivity contribution in [3.63, 3.8) is 0 Å². The van der Waals surface area contributed by atoms with Gasteiger partial charge in [-0.25, -0.2) is 15.1 Å². The van der Waals surface area contributed by atoms with E-state index in [4.69, 9.17) is 0 Å². The summed E-state index contributed by atoms with van der Waals surface area (Å²) in [4.78, 5) is 39.4. The second kappa shape index (κ2) is 8.68. The van der Waals surface area contributed by atoms with Crippen molar-refractivity contribution in [2.75, 3.05) is 60.9 Å². The predicted octanol–water partition coefficient (Wildman–Crippen LogP) is 0.538. The molecule has 2 aromatic rings. The van der Waals surface area contributed by atoms with Crippen LogP contribution >= 0.6 is 0 Å². The van der Waals surface area contributed by atoms with Gasteiger partial charge in [-0.05, 0) is 25.8 Å². The second-order valence-corrected chi connectivity index (χ2v) is 7.82. The standard InChI is InChI=1S/C20H28N8O2/c1-14-12-22-20(23-13-14)28-10-8-26(9-11-28)16(29)4-3-6-27-7-5-21-17-15(2)19(30)25-24-18(17)27/h12-13,21H,3-11H2,1-2H3,(H,25,30). The molecule has 0 atom stereocenters. The lowest BCUT2D eigenvalue weighted by molar-refractivity contribution is -0.131. The Labute approximate surface area is 175 Å². The van der Waals surface area contributed by atoms with E-state index < -0.39 is 0 Å². The van der Waals surface area contributed by atoms with E-state index in [1.54, 1.807) is 6.92 Å². The van der Waals surface area contributed by atoms with Gasteiger partial charge in [0, 0.05) is 70.2 Å². The summed E-state index contributed by atoms with van der Waals surface area (Å²) in [5.41, 5.74) is 2.31. The van der Waals surface area contributed by atoms with Gasteiger partial charge < -0.3 is 20.0 Å². The quantitative estimate of drug-likeness (QED) is 0.732. The van der Waals surface area contributed by atoms with Crippen molar-refractivity contribution in [3.05, 3.63) is 33.9 Å². The second-order valence-electron chi connectivity index (χ2n) is 7.82. The first-order chi connectivity index (χ1) is 14.5. The maximum Gasteiger partial charge on any atom is 0.269 e. The van der Waals surface area contributed by atoms with E-state index in [1.807, 2.05) is 24.2 Å². The maximum atomic E-state index is 12.7. The fourth-order valence-corrected chi connectivity index (χ4v) is 3.89. The lowest BCUT2D eigenvalue weighted by Gasteiger charge is -2.35. The van der Waals surface area contributed by atoms with Gasteiger partial charge in [-0.3, -0.25) is 9.59 Å². The molecule has 1 amide bonds. The van der Waals surface area contributed by atoms with Crippen molar-refractivity contribution < 1.29 is 4.79 Å². The number of fused-ring (bicyclic) bond motifs is 1. The smallest absolute Gasteiger partial charge is 0.269 e. The van der Waals surface area contributed by atoms with E-state index in [-0.39, 0.29) is 11.5 Å². The predicted molar refractivity (Wildman–Crippen MR) is 115 cm³/mol. The summed E-state index contributed by atoms with van der Waals surface area (Å²) in [6.45, 7) is 8.92. The van der Waals surface area contributed by atoms with Crippen LogP contribution in [0.25, 0.3) is 0 Å². The highest BCUT2D eigenvalue weighted by atomic mass is 16.2. The molecular formula is C20H28N8O2. The molecular weight excluding hydrogens is 384 g/mol.